The summed E-state index contributed by atoms with van der Waals surface area (Å²) in [5, 5.41) is 13.6. The van der Waals surface area contributed by atoms with Crippen molar-refractivity contribution in [3.63, 3.8) is 0 Å². The zero-order chi connectivity index (χ0) is 3.58. The number of hydrogen-bond acceptors (Lipinski definition) is 2. The Labute approximate surface area is 76.5 Å². The quantitative estimate of drug-likeness (QED) is 0.323. The third kappa shape index (κ3) is 2040. The van der Waals surface area contributed by atoms with Crippen molar-refractivity contribution in [2.45, 2.75) is 0 Å². The van der Waals surface area contributed by atoms with Crippen molar-refractivity contribution < 1.29 is 65.4 Å². The summed E-state index contributed by atoms with van der Waals surface area (Å²) in [5.41, 5.74) is 0. The van der Waals surface area contributed by atoms with Crippen molar-refractivity contribution in [1.29, 1.82) is 0 Å². The molecule has 15 N–H and O–H groups in total. The predicted octanol–water partition coefficient (Wildman–Crippen LogP) is -6.12. The molecule has 89 valence electrons. The standard InChI is InChI=1S/Co.HNO3.7H2O/c;2-1(3)4;;;;;;;/h;(H,2,3,4);7*1H2. The normalized spacial score (nSPS) is 2.00. The van der Waals surface area contributed by atoms with E-state index in [-0.39, 0.29) is 55.1 Å². The summed E-state index contributed by atoms with van der Waals surface area (Å²) in [6.07, 6.45) is 0. The van der Waals surface area contributed by atoms with Crippen LogP contribution in [-0.2, 0) is 16.8 Å². The van der Waals surface area contributed by atoms with Gasteiger partial charge >= 0.3 is 0 Å². The van der Waals surface area contributed by atoms with E-state index in [1.54, 1.807) is 0 Å². The molecule has 0 aromatic heterocycles. The van der Waals surface area contributed by atoms with Gasteiger partial charge in [0.2, 0.25) is 0 Å². The molecule has 0 unspecified atom stereocenters. The van der Waals surface area contributed by atoms with Crippen LogP contribution in [0.3, 0.4) is 0 Å². The van der Waals surface area contributed by atoms with E-state index >= 15 is 0 Å². The van der Waals surface area contributed by atoms with E-state index in [1.807, 2.05) is 0 Å². The Morgan fingerprint density at radius 2 is 0.833 bits per heavy atom. The summed E-state index contributed by atoms with van der Waals surface area (Å²) in [4.78, 5) is 8.36. The molecule has 0 rings (SSSR count). The van der Waals surface area contributed by atoms with E-state index in [4.69, 9.17) is 15.3 Å². The minimum Gasteiger partial charge on any atom is -0.412 e. The molecule has 12 heteroatoms. The molecule has 0 bridgehead atoms. The molecule has 0 aliphatic rings. The Balaban J connectivity index is -0.00000000161. The summed E-state index contributed by atoms with van der Waals surface area (Å²) >= 11 is 0. The third-order valence-electron chi connectivity index (χ3n) is 0. The average Bonchev–Trinajstić information content (AvgIpc) is 0.811. The molecule has 0 atom stereocenters. The van der Waals surface area contributed by atoms with Gasteiger partial charge in [0.25, 0.3) is 5.09 Å². The van der Waals surface area contributed by atoms with Gasteiger partial charge in [-0.15, -0.1) is 10.1 Å². The van der Waals surface area contributed by atoms with E-state index in [9.17, 15) is 0 Å². The van der Waals surface area contributed by atoms with Crippen LogP contribution in [0.5, 0.6) is 0 Å². The van der Waals surface area contributed by atoms with Crippen LogP contribution < -0.4 is 0 Å². The van der Waals surface area contributed by atoms with Gasteiger partial charge in [-0.1, -0.05) is 0 Å². The number of hydrogen-bond donors (Lipinski definition) is 1. The Morgan fingerprint density at radius 1 is 0.833 bits per heavy atom. The van der Waals surface area contributed by atoms with E-state index in [0.717, 1.165) is 0 Å². The summed E-state index contributed by atoms with van der Waals surface area (Å²) < 4.78 is 0. The maximum Gasteiger partial charge on any atom is 0.291 e. The molecule has 0 aromatic rings. The monoisotopic (exact) mass is 248 g/mol. The van der Waals surface area contributed by atoms with Gasteiger partial charge in [0.05, 0.1) is 0 Å². The molecule has 0 fully saturated rings. The van der Waals surface area contributed by atoms with Gasteiger partial charge < -0.3 is 43.5 Å². The topological polar surface area (TPSA) is 284 Å². The van der Waals surface area contributed by atoms with Crippen LogP contribution in [0.15, 0.2) is 0 Å². The maximum absolute atomic E-state index is 8.36. The van der Waals surface area contributed by atoms with E-state index in [1.165, 1.54) is 0 Å². The summed E-state index contributed by atoms with van der Waals surface area (Å²) in [6, 6.07) is 0. The fourth-order valence-corrected chi connectivity index (χ4v) is 0. The molecule has 0 spiro atoms. The predicted molar refractivity (Wildman–Crippen MR) is 34.1 cm³/mol. The van der Waals surface area contributed by atoms with Crippen LogP contribution in [-0.4, -0.2) is 48.6 Å². The second-order valence-corrected chi connectivity index (χ2v) is 0.238. The summed E-state index contributed by atoms with van der Waals surface area (Å²) in [7, 11) is 0. The summed E-state index contributed by atoms with van der Waals surface area (Å²) in [6.45, 7) is 0. The van der Waals surface area contributed by atoms with Gasteiger partial charge in [0.15, 0.2) is 0 Å². The van der Waals surface area contributed by atoms with Gasteiger partial charge in [0, 0.05) is 16.8 Å². The molecular formula is H15CoNO10. The van der Waals surface area contributed by atoms with Crippen molar-refractivity contribution in [2.24, 2.45) is 0 Å². The van der Waals surface area contributed by atoms with Gasteiger partial charge in [-0.05, 0) is 0 Å². The molecular weight excluding hydrogens is 233 g/mol. The molecule has 12 heavy (non-hydrogen) atoms. The van der Waals surface area contributed by atoms with Gasteiger partial charge in [0.1, 0.15) is 0 Å². The van der Waals surface area contributed by atoms with E-state index < -0.39 is 5.09 Å². The number of rotatable bonds is 0. The molecule has 0 saturated heterocycles. The molecule has 0 heterocycles. The van der Waals surface area contributed by atoms with Crippen molar-refractivity contribution in [2.75, 3.05) is 0 Å². The fourth-order valence-electron chi connectivity index (χ4n) is 0. The molecule has 0 amide bonds. The molecule has 11 nitrogen and oxygen atoms in total. The first kappa shape index (κ1) is 211. The van der Waals surface area contributed by atoms with Crippen LogP contribution >= 0.6 is 0 Å². The van der Waals surface area contributed by atoms with Gasteiger partial charge in [-0.3, -0.25) is 0 Å². The molecule has 0 aliphatic heterocycles. The number of nitrogens with zero attached hydrogens (tertiary/aromatic N) is 1. The van der Waals surface area contributed by atoms with Crippen molar-refractivity contribution >= 4 is 0 Å². The van der Waals surface area contributed by atoms with Crippen molar-refractivity contribution in [3.05, 3.63) is 10.1 Å². The molecule has 1 radical (unpaired) electrons. The van der Waals surface area contributed by atoms with Crippen LogP contribution in [0, 0.1) is 10.1 Å². The average molecular weight is 248 g/mol. The smallest absolute Gasteiger partial charge is 0.291 e. The summed E-state index contributed by atoms with van der Waals surface area (Å²) in [5.74, 6) is 0. The Hall–Kier alpha value is -0.574. The van der Waals surface area contributed by atoms with Crippen LogP contribution in [0.25, 0.3) is 0 Å². The third-order valence-corrected chi connectivity index (χ3v) is 0. The van der Waals surface area contributed by atoms with Crippen LogP contribution in [0.1, 0.15) is 0 Å². The maximum atomic E-state index is 8.36. The first-order chi connectivity index (χ1) is 1.73. The largest absolute Gasteiger partial charge is 0.412 e. The van der Waals surface area contributed by atoms with Crippen LogP contribution in [0.2, 0.25) is 0 Å². The zero-order valence-electron chi connectivity index (χ0n) is 5.54. The van der Waals surface area contributed by atoms with Crippen molar-refractivity contribution in [3.8, 4) is 0 Å². The minimum absolute atomic E-state index is 0. The van der Waals surface area contributed by atoms with E-state index in [2.05, 4.69) is 0 Å². The van der Waals surface area contributed by atoms with Crippen molar-refractivity contribution in [1.82, 2.24) is 0 Å². The van der Waals surface area contributed by atoms with Gasteiger partial charge in [-0.25, -0.2) is 0 Å². The second-order valence-electron chi connectivity index (χ2n) is 0.238. The molecule has 0 saturated carbocycles. The Morgan fingerprint density at radius 3 is 0.833 bits per heavy atom. The minimum atomic E-state index is -1.50. The first-order valence-corrected chi connectivity index (χ1v) is 0.565. The molecule has 0 aromatic carbocycles. The Bertz CT molecular complexity index is 32.8. The molecule has 0 aliphatic carbocycles. The zero-order valence-corrected chi connectivity index (χ0v) is 6.59. The van der Waals surface area contributed by atoms with Crippen LogP contribution in [0.4, 0.5) is 0 Å². The second kappa shape index (κ2) is 157. The fraction of sp³-hybridized carbons (Fsp3) is 0. The first-order valence-electron chi connectivity index (χ1n) is 0.565. The van der Waals surface area contributed by atoms with E-state index in [0.29, 0.717) is 0 Å². The SMILES string of the molecule is O.O.O.O.O.O.O.O=[N+]([O-])O.[Co]. The van der Waals surface area contributed by atoms with Gasteiger partial charge in [-0.2, -0.15) is 0 Å². The Kier molecular flexibility index (Phi) is 2770.